The molecule has 0 bridgehead atoms. The molecule has 15 heteroatoms. The third-order valence-electron chi connectivity index (χ3n) is 16.3. The first-order valence-corrected chi connectivity index (χ1v) is 28.2. The molecule has 394 valence electrons. The lowest BCUT2D eigenvalue weighted by molar-refractivity contribution is -0.0437. The van der Waals surface area contributed by atoms with Gasteiger partial charge in [-0.15, -0.1) is 0 Å². The van der Waals surface area contributed by atoms with E-state index in [9.17, 15) is 21.6 Å². The van der Waals surface area contributed by atoms with Crippen molar-refractivity contribution in [2.75, 3.05) is 16.4 Å². The van der Waals surface area contributed by atoms with Crippen molar-refractivity contribution in [1.29, 1.82) is 0 Å². The van der Waals surface area contributed by atoms with E-state index in [0.717, 1.165) is 97.8 Å². The van der Waals surface area contributed by atoms with Crippen molar-refractivity contribution < 1.29 is 21.6 Å². The Labute approximate surface area is 456 Å². The molecule has 4 aliphatic rings. The monoisotopic (exact) mass is 1070 g/mol. The standard InChI is InChI=1S/C33H27F3N4O2S.C31H27N5/c1-32(16-6-17-32)24-14-12-22(13-15-24)29-28(23-8-4-7-21(19-23)20-43(41,42)33(34,35)36)39-31-25-9-2-3-10-26(25)38-30-27(40(29)31)11-5-18-37-30;1-31(16-6-17-31)22-14-12-20(13-15-22)28-27(21-7-4-8-23(32)19-21)35-30-24-9-2-3-10-25(24)34-29-26(36(28)30)11-5-18-33-29/h2-5,7-15,18-19H,6,16-17,20H2,1H3,(H,37,38);2-5,7-15,18-19H,6,16-17,32H2,1H3,(H,33,34). The summed E-state index contributed by atoms with van der Waals surface area (Å²) in [5.74, 6) is 1.79. The highest BCUT2D eigenvalue weighted by atomic mass is 32.2. The second-order valence-electron chi connectivity index (χ2n) is 21.5. The SMILES string of the molecule is CC1(c2ccc(-c3c(-c4cccc(CS(=O)(=O)C(F)(F)F)c4)nc4n3-c3cccnc3Nc3ccccc3-4)cc2)CCC1.CC1(c2ccc(-c3c(-c4cccc(N)c4)nc4n3-c3cccnc3Nc3ccccc3-4)cc2)CCC1. The smallest absolute Gasteiger partial charge is 0.399 e. The molecule has 0 amide bonds. The van der Waals surface area contributed by atoms with Gasteiger partial charge in [0.2, 0.25) is 0 Å². The number of anilines is 5. The fourth-order valence-corrected chi connectivity index (χ4v) is 12.4. The van der Waals surface area contributed by atoms with Gasteiger partial charge in [-0.2, -0.15) is 13.2 Å². The van der Waals surface area contributed by atoms with Crippen LogP contribution in [0.15, 0.2) is 182 Å². The number of rotatable bonds is 8. The minimum Gasteiger partial charge on any atom is -0.399 e. The number of nitrogens with one attached hydrogen (secondary N) is 2. The third-order valence-corrected chi connectivity index (χ3v) is 17.8. The predicted octanol–water partition coefficient (Wildman–Crippen LogP) is 15.6. The van der Waals surface area contributed by atoms with Crippen LogP contribution < -0.4 is 16.4 Å². The highest BCUT2D eigenvalue weighted by molar-refractivity contribution is 7.91. The molecule has 2 aliphatic carbocycles. The molecule has 0 radical (unpaired) electrons. The van der Waals surface area contributed by atoms with Gasteiger partial charge in [-0.05, 0) is 120 Å². The number of pyridine rings is 2. The van der Waals surface area contributed by atoms with Crippen LogP contribution in [0.3, 0.4) is 0 Å². The van der Waals surface area contributed by atoms with Crippen molar-refractivity contribution in [2.24, 2.45) is 0 Å². The number of nitrogens with two attached hydrogens (primary N) is 1. The van der Waals surface area contributed by atoms with Gasteiger partial charge >= 0.3 is 5.51 Å². The lowest BCUT2D eigenvalue weighted by Gasteiger charge is -2.39. The summed E-state index contributed by atoms with van der Waals surface area (Å²) in [5, 5.41) is 6.96. The van der Waals surface area contributed by atoms with Crippen molar-refractivity contribution in [3.8, 4) is 79.2 Å². The van der Waals surface area contributed by atoms with E-state index in [4.69, 9.17) is 20.7 Å². The van der Waals surface area contributed by atoms with Gasteiger partial charge in [-0.25, -0.2) is 28.4 Å². The van der Waals surface area contributed by atoms with Crippen LogP contribution in [0, 0.1) is 0 Å². The van der Waals surface area contributed by atoms with Crippen LogP contribution in [0.1, 0.15) is 69.1 Å². The van der Waals surface area contributed by atoms with Gasteiger partial charge in [0, 0.05) is 51.5 Å². The molecule has 6 heterocycles. The van der Waals surface area contributed by atoms with Crippen molar-refractivity contribution in [1.82, 2.24) is 29.1 Å². The van der Waals surface area contributed by atoms with E-state index in [1.54, 1.807) is 18.3 Å². The molecule has 4 aromatic heterocycles. The van der Waals surface area contributed by atoms with E-state index in [1.807, 2.05) is 77.5 Å². The Kier molecular flexibility index (Phi) is 11.9. The van der Waals surface area contributed by atoms with Crippen LogP contribution in [-0.4, -0.2) is 43.0 Å². The van der Waals surface area contributed by atoms with Crippen LogP contribution >= 0.6 is 0 Å². The summed E-state index contributed by atoms with van der Waals surface area (Å²) in [5.41, 5.74) is 16.8. The van der Waals surface area contributed by atoms with Gasteiger partial charge in [0.05, 0.1) is 51.3 Å². The molecule has 79 heavy (non-hydrogen) atoms. The number of nitrogen functional groups attached to an aromatic ring is 1. The molecule has 2 aliphatic heterocycles. The summed E-state index contributed by atoms with van der Waals surface area (Å²) in [7, 11) is -5.36. The number of halogens is 3. The number of hydrogen-bond donors (Lipinski definition) is 3. The molecule has 2 saturated carbocycles. The Morgan fingerprint density at radius 2 is 1.00 bits per heavy atom. The second kappa shape index (κ2) is 19.0. The zero-order valence-corrected chi connectivity index (χ0v) is 44.2. The molecule has 6 aromatic carbocycles. The fraction of sp³-hybridized carbons (Fsp3) is 0.188. The molecule has 14 rings (SSSR count). The van der Waals surface area contributed by atoms with Crippen molar-refractivity contribution >= 4 is 38.5 Å². The lowest BCUT2D eigenvalue weighted by atomic mass is 9.66. The average molecular weight is 1070 g/mol. The van der Waals surface area contributed by atoms with E-state index in [0.29, 0.717) is 28.3 Å². The van der Waals surface area contributed by atoms with E-state index in [1.165, 1.54) is 48.9 Å². The highest BCUT2D eigenvalue weighted by Crippen LogP contribution is 2.49. The van der Waals surface area contributed by atoms with E-state index in [-0.39, 0.29) is 11.0 Å². The van der Waals surface area contributed by atoms with Crippen LogP contribution in [-0.2, 0) is 26.4 Å². The highest BCUT2D eigenvalue weighted by Gasteiger charge is 2.45. The molecule has 0 spiro atoms. The number of para-hydroxylation sites is 2. The van der Waals surface area contributed by atoms with Crippen molar-refractivity contribution in [2.45, 2.75) is 74.5 Å². The Balaban J connectivity index is 0.000000152. The second-order valence-corrected chi connectivity index (χ2v) is 23.5. The topological polar surface area (TPSA) is 146 Å². The van der Waals surface area contributed by atoms with Crippen LogP contribution in [0.5, 0.6) is 0 Å². The van der Waals surface area contributed by atoms with Gasteiger partial charge in [0.1, 0.15) is 11.6 Å². The van der Waals surface area contributed by atoms with Crippen molar-refractivity contribution in [3.63, 3.8) is 0 Å². The fourth-order valence-electron chi connectivity index (χ4n) is 11.6. The van der Waals surface area contributed by atoms with Crippen LogP contribution in [0.25, 0.3) is 79.2 Å². The molecule has 0 atom stereocenters. The molecule has 0 saturated heterocycles. The Morgan fingerprint density at radius 3 is 1.44 bits per heavy atom. The summed E-state index contributed by atoms with van der Waals surface area (Å²) in [6.07, 6.45) is 10.8. The number of fused-ring (bicyclic) bond motifs is 10. The minimum atomic E-state index is -5.36. The molecular weight excluding hydrogens is 1020 g/mol. The zero-order chi connectivity index (χ0) is 54.3. The van der Waals surface area contributed by atoms with E-state index >= 15 is 0 Å². The Hall–Kier alpha value is -8.82. The first-order valence-electron chi connectivity index (χ1n) is 26.5. The summed E-state index contributed by atoms with van der Waals surface area (Å²) < 4.78 is 68.0. The van der Waals surface area contributed by atoms with Crippen molar-refractivity contribution in [3.05, 3.63) is 199 Å². The molecule has 11 nitrogen and oxygen atoms in total. The summed E-state index contributed by atoms with van der Waals surface area (Å²) in [6.45, 7) is 4.64. The molecule has 4 N–H and O–H groups in total. The number of nitrogens with zero attached hydrogens (tertiary/aromatic N) is 6. The van der Waals surface area contributed by atoms with Gasteiger partial charge in [-0.3, -0.25) is 9.13 Å². The predicted molar refractivity (Wildman–Crippen MR) is 307 cm³/mol. The summed E-state index contributed by atoms with van der Waals surface area (Å²) >= 11 is 0. The molecule has 0 unspecified atom stereocenters. The zero-order valence-electron chi connectivity index (χ0n) is 43.4. The van der Waals surface area contributed by atoms with E-state index < -0.39 is 21.1 Å². The first kappa shape index (κ1) is 49.7. The van der Waals surface area contributed by atoms with E-state index in [2.05, 4.69) is 113 Å². The van der Waals surface area contributed by atoms with Gasteiger partial charge in [0.25, 0.3) is 9.84 Å². The Bertz CT molecular complexity index is 4120. The number of aromatic nitrogens is 6. The Morgan fingerprint density at radius 1 is 0.544 bits per heavy atom. The lowest BCUT2D eigenvalue weighted by Crippen LogP contribution is -2.30. The number of sulfone groups is 1. The molecular formula is C64H54F3N9O2S. The quantitative estimate of drug-likeness (QED) is 0.127. The summed E-state index contributed by atoms with van der Waals surface area (Å²) in [6, 6.07) is 55.5. The third kappa shape index (κ3) is 8.72. The number of imidazole rings is 2. The maximum absolute atomic E-state index is 13.2. The first-order chi connectivity index (χ1) is 38.1. The van der Waals surface area contributed by atoms with Gasteiger partial charge < -0.3 is 16.4 Å². The number of hydrogen-bond acceptors (Lipinski definition) is 9. The van der Waals surface area contributed by atoms with Crippen LogP contribution in [0.2, 0.25) is 0 Å². The van der Waals surface area contributed by atoms with Gasteiger partial charge in [-0.1, -0.05) is 130 Å². The number of alkyl halides is 3. The maximum Gasteiger partial charge on any atom is 0.497 e. The maximum atomic E-state index is 13.2. The normalized spacial score (nSPS) is 15.2. The van der Waals surface area contributed by atoms with Gasteiger partial charge in [0.15, 0.2) is 11.6 Å². The molecule has 2 fully saturated rings. The molecule has 10 aromatic rings. The van der Waals surface area contributed by atoms with Crippen LogP contribution in [0.4, 0.5) is 41.9 Å². The minimum absolute atomic E-state index is 0.0290. The summed E-state index contributed by atoms with van der Waals surface area (Å²) in [4.78, 5) is 19.7. The largest absolute Gasteiger partial charge is 0.497 e. The average Bonchev–Trinajstić information content (AvgIpc) is 4.08. The number of benzene rings is 6.